The van der Waals surface area contributed by atoms with Gasteiger partial charge in [-0.3, -0.25) is 9.48 Å². The summed E-state index contributed by atoms with van der Waals surface area (Å²) in [6.45, 7) is 1.27. The Morgan fingerprint density at radius 2 is 1.70 bits per heavy atom. The highest BCUT2D eigenvalue weighted by Crippen LogP contribution is 2.37. The Balaban J connectivity index is 2.10. The third-order valence-electron chi connectivity index (χ3n) is 4.16. The van der Waals surface area contributed by atoms with Gasteiger partial charge in [0, 0.05) is 10.9 Å². The molecule has 0 atom stereocenters. The first-order valence-corrected chi connectivity index (χ1v) is 7.70. The zero-order valence-corrected chi connectivity index (χ0v) is 13.8. The van der Waals surface area contributed by atoms with Gasteiger partial charge in [0.25, 0.3) is 0 Å². The molecule has 0 aliphatic heterocycles. The fourth-order valence-electron chi connectivity index (χ4n) is 2.87. The van der Waals surface area contributed by atoms with E-state index in [1.54, 1.807) is 13.0 Å². The number of hydrogen-bond donors (Lipinski definition) is 0. The molecule has 0 unspecified atom stereocenters. The van der Waals surface area contributed by atoms with Crippen molar-refractivity contribution < 1.29 is 31.1 Å². The number of hydrogen-bond acceptors (Lipinski definition) is 2. The molecule has 3 aromatic rings. The van der Waals surface area contributed by atoms with Crippen LogP contribution in [0.15, 0.2) is 36.4 Å². The highest BCUT2D eigenvalue weighted by Gasteiger charge is 2.38. The van der Waals surface area contributed by atoms with Crippen molar-refractivity contribution in [2.45, 2.75) is 25.8 Å². The van der Waals surface area contributed by atoms with Crippen molar-refractivity contribution >= 4 is 17.2 Å². The van der Waals surface area contributed by atoms with Crippen molar-refractivity contribution in [1.29, 1.82) is 0 Å². The predicted octanol–water partition coefficient (Wildman–Crippen LogP) is 5.24. The smallest absolute Gasteiger partial charge is 0.298 e. The van der Waals surface area contributed by atoms with Crippen LogP contribution in [-0.4, -0.2) is 16.1 Å². The molecule has 0 fully saturated rings. The minimum atomic E-state index is -4.95. The molecule has 0 bridgehead atoms. The zero-order chi connectivity index (χ0) is 20.0. The van der Waals surface area contributed by atoms with Gasteiger partial charge >= 0.3 is 12.4 Å². The number of fused-ring (bicyclic) bond motifs is 1. The Morgan fingerprint density at radius 1 is 1.00 bits per heavy atom. The highest BCUT2D eigenvalue weighted by molar-refractivity contribution is 5.88. The molecule has 0 N–H and O–H groups in total. The average molecular weight is 386 g/mol. The summed E-state index contributed by atoms with van der Waals surface area (Å²) in [6, 6.07) is 6.12. The standard InChI is InChI=1S/C18H12F6N2O/c1-10-14-6-11(9-27)2-5-16(14)26(25-10)8-12-3-4-13(17(19,20)21)7-15(12)18(22,23)24/h2-7,9H,8H2,1H3. The first kappa shape index (κ1) is 18.9. The van der Waals surface area contributed by atoms with Crippen LogP contribution >= 0.6 is 0 Å². The molecule has 3 nitrogen and oxygen atoms in total. The number of halogens is 6. The molecular formula is C18H12F6N2O. The van der Waals surface area contributed by atoms with E-state index in [-0.39, 0.29) is 18.2 Å². The second-order valence-electron chi connectivity index (χ2n) is 6.00. The predicted molar refractivity (Wildman–Crippen MR) is 85.4 cm³/mol. The van der Waals surface area contributed by atoms with Crippen molar-refractivity contribution in [1.82, 2.24) is 9.78 Å². The monoisotopic (exact) mass is 386 g/mol. The molecule has 9 heteroatoms. The van der Waals surface area contributed by atoms with Gasteiger partial charge in [-0.1, -0.05) is 6.07 Å². The SMILES string of the molecule is Cc1nn(Cc2ccc(C(F)(F)F)cc2C(F)(F)F)c2ccc(C=O)cc12. The van der Waals surface area contributed by atoms with Gasteiger partial charge in [0.05, 0.1) is 28.9 Å². The summed E-state index contributed by atoms with van der Waals surface area (Å²) in [5, 5.41) is 4.75. The molecule has 3 rings (SSSR count). The summed E-state index contributed by atoms with van der Waals surface area (Å²) >= 11 is 0. The summed E-state index contributed by atoms with van der Waals surface area (Å²) in [5.74, 6) is 0. The van der Waals surface area contributed by atoms with E-state index < -0.39 is 23.5 Å². The summed E-state index contributed by atoms with van der Waals surface area (Å²) in [5.41, 5.74) is -1.70. The molecule has 0 aliphatic carbocycles. The number of benzene rings is 2. The molecule has 27 heavy (non-hydrogen) atoms. The van der Waals surface area contributed by atoms with Crippen LogP contribution in [0.25, 0.3) is 10.9 Å². The Bertz CT molecular complexity index is 1020. The Hall–Kier alpha value is -2.84. The topological polar surface area (TPSA) is 34.9 Å². The van der Waals surface area contributed by atoms with Crippen molar-refractivity contribution in [3.8, 4) is 0 Å². The number of carbonyl (C=O) groups is 1. The molecule has 0 saturated heterocycles. The first-order valence-electron chi connectivity index (χ1n) is 7.70. The lowest BCUT2D eigenvalue weighted by Gasteiger charge is -2.16. The van der Waals surface area contributed by atoms with Crippen LogP contribution in [0.5, 0.6) is 0 Å². The Kier molecular flexibility index (Phi) is 4.49. The molecule has 2 aromatic carbocycles. The van der Waals surface area contributed by atoms with Gasteiger partial charge in [0.15, 0.2) is 0 Å². The average Bonchev–Trinajstić information content (AvgIpc) is 2.88. The Morgan fingerprint density at radius 3 is 2.30 bits per heavy atom. The van der Waals surface area contributed by atoms with Gasteiger partial charge in [0.2, 0.25) is 0 Å². The number of nitrogens with zero attached hydrogens (tertiary/aromatic N) is 2. The number of alkyl halides is 6. The maximum atomic E-state index is 13.3. The number of carbonyl (C=O) groups excluding carboxylic acids is 1. The van der Waals surface area contributed by atoms with Crippen molar-refractivity contribution in [2.75, 3.05) is 0 Å². The van der Waals surface area contributed by atoms with E-state index in [4.69, 9.17) is 0 Å². The maximum absolute atomic E-state index is 13.3. The molecule has 0 radical (unpaired) electrons. The van der Waals surface area contributed by atoms with E-state index >= 15 is 0 Å². The fraction of sp³-hybridized carbons (Fsp3) is 0.222. The van der Waals surface area contributed by atoms with Crippen LogP contribution in [0.1, 0.15) is 32.7 Å². The van der Waals surface area contributed by atoms with Gasteiger partial charge in [-0.15, -0.1) is 0 Å². The van der Waals surface area contributed by atoms with Gasteiger partial charge < -0.3 is 0 Å². The summed E-state index contributed by atoms with van der Waals surface area (Å²) in [7, 11) is 0. The van der Waals surface area contributed by atoms with E-state index in [0.29, 0.717) is 34.5 Å². The lowest BCUT2D eigenvalue weighted by atomic mass is 10.0. The Labute approximate surface area is 149 Å². The summed E-state index contributed by atoms with van der Waals surface area (Å²) in [4.78, 5) is 10.9. The fourth-order valence-corrected chi connectivity index (χ4v) is 2.87. The van der Waals surface area contributed by atoms with Crippen LogP contribution in [0.3, 0.4) is 0 Å². The quantitative estimate of drug-likeness (QED) is 0.456. The van der Waals surface area contributed by atoms with Gasteiger partial charge in [-0.25, -0.2) is 0 Å². The van der Waals surface area contributed by atoms with E-state index in [1.807, 2.05) is 0 Å². The number of aryl methyl sites for hydroxylation is 1. The van der Waals surface area contributed by atoms with Crippen LogP contribution in [0.4, 0.5) is 26.3 Å². The molecule has 0 aliphatic rings. The molecule has 142 valence electrons. The number of aromatic nitrogens is 2. The zero-order valence-electron chi connectivity index (χ0n) is 13.8. The molecule has 0 saturated carbocycles. The second-order valence-corrected chi connectivity index (χ2v) is 6.00. The summed E-state index contributed by atoms with van der Waals surface area (Å²) < 4.78 is 79.5. The first-order chi connectivity index (χ1) is 12.5. The number of aldehydes is 1. The van der Waals surface area contributed by atoms with Gasteiger partial charge in [-0.2, -0.15) is 31.4 Å². The van der Waals surface area contributed by atoms with Gasteiger partial charge in [0.1, 0.15) is 6.29 Å². The minimum absolute atomic E-state index is 0.110. The summed E-state index contributed by atoms with van der Waals surface area (Å²) in [6.07, 6.45) is -9.19. The highest BCUT2D eigenvalue weighted by atomic mass is 19.4. The second kappa shape index (κ2) is 6.40. The van der Waals surface area contributed by atoms with Crippen molar-refractivity contribution in [3.63, 3.8) is 0 Å². The minimum Gasteiger partial charge on any atom is -0.298 e. The van der Waals surface area contributed by atoms with Crippen LogP contribution in [0.2, 0.25) is 0 Å². The molecule has 0 spiro atoms. The van der Waals surface area contributed by atoms with Crippen LogP contribution in [-0.2, 0) is 18.9 Å². The van der Waals surface area contributed by atoms with E-state index in [9.17, 15) is 31.1 Å². The molecular weight excluding hydrogens is 374 g/mol. The van der Waals surface area contributed by atoms with Gasteiger partial charge in [-0.05, 0) is 42.8 Å². The van der Waals surface area contributed by atoms with Crippen molar-refractivity contribution in [2.24, 2.45) is 0 Å². The molecule has 1 aromatic heterocycles. The third kappa shape index (κ3) is 3.67. The van der Waals surface area contributed by atoms with E-state index in [2.05, 4.69) is 5.10 Å². The lowest BCUT2D eigenvalue weighted by Crippen LogP contribution is -2.15. The normalized spacial score (nSPS) is 12.6. The van der Waals surface area contributed by atoms with E-state index in [0.717, 1.165) is 6.07 Å². The molecule has 1 heterocycles. The van der Waals surface area contributed by atoms with Crippen molar-refractivity contribution in [3.05, 3.63) is 64.3 Å². The maximum Gasteiger partial charge on any atom is 0.416 e. The van der Waals surface area contributed by atoms with Crippen LogP contribution in [0, 0.1) is 6.92 Å². The largest absolute Gasteiger partial charge is 0.416 e. The third-order valence-corrected chi connectivity index (χ3v) is 4.16. The van der Waals surface area contributed by atoms with E-state index in [1.165, 1.54) is 16.8 Å². The molecule has 0 amide bonds. The van der Waals surface area contributed by atoms with Crippen LogP contribution < -0.4 is 0 Å². The lowest BCUT2D eigenvalue weighted by molar-refractivity contribution is -0.143. The number of rotatable bonds is 3.